The first kappa shape index (κ1) is 28.7. The van der Waals surface area contributed by atoms with Crippen LogP contribution in [0.25, 0.3) is 11.4 Å². The minimum absolute atomic E-state index is 0.108. The number of aliphatic hydroxyl groups is 1. The lowest BCUT2D eigenvalue weighted by molar-refractivity contribution is -0.132. The highest BCUT2D eigenvalue weighted by Gasteiger charge is 2.49. The number of benzene rings is 2. The molecule has 13 heteroatoms. The van der Waals surface area contributed by atoms with E-state index in [9.17, 15) is 14.7 Å². The fourth-order valence-corrected chi connectivity index (χ4v) is 7.46. The highest BCUT2D eigenvalue weighted by Crippen LogP contribution is 2.45. The lowest BCUT2D eigenvalue weighted by atomic mass is 9.96. The van der Waals surface area contributed by atoms with Crippen molar-refractivity contribution in [2.75, 3.05) is 4.90 Å². The number of nitrogens with zero attached hydrogens (tertiary/aromatic N) is 5. The van der Waals surface area contributed by atoms with E-state index in [1.165, 1.54) is 16.7 Å². The van der Waals surface area contributed by atoms with E-state index in [4.69, 9.17) is 34.8 Å². The van der Waals surface area contributed by atoms with Crippen molar-refractivity contribution < 1.29 is 14.7 Å². The van der Waals surface area contributed by atoms with Gasteiger partial charge in [0.05, 0.1) is 17.3 Å². The summed E-state index contributed by atoms with van der Waals surface area (Å²) >= 11 is 21.2. The minimum atomic E-state index is -1.01. The maximum absolute atomic E-state index is 13.6. The van der Waals surface area contributed by atoms with Gasteiger partial charge in [-0.2, -0.15) is 0 Å². The van der Waals surface area contributed by atoms with E-state index in [-0.39, 0.29) is 22.2 Å². The smallest absolute Gasteiger partial charge is 0.301 e. The van der Waals surface area contributed by atoms with Crippen molar-refractivity contribution in [1.29, 1.82) is 0 Å². The van der Waals surface area contributed by atoms with Crippen LogP contribution in [0.2, 0.25) is 15.1 Å². The Hall–Kier alpha value is -3.41. The van der Waals surface area contributed by atoms with Gasteiger partial charge in [-0.1, -0.05) is 82.2 Å². The zero-order valence-electron chi connectivity index (χ0n) is 22.0. The van der Waals surface area contributed by atoms with E-state index in [1.54, 1.807) is 43.3 Å². The van der Waals surface area contributed by atoms with Gasteiger partial charge in [0, 0.05) is 27.0 Å². The van der Waals surface area contributed by atoms with Gasteiger partial charge < -0.3 is 9.51 Å². The summed E-state index contributed by atoms with van der Waals surface area (Å²) in [5.74, 6) is -1.58. The molecule has 2 aromatic carbocycles. The zero-order valence-corrected chi connectivity index (χ0v) is 25.9. The third-order valence-corrected chi connectivity index (χ3v) is 9.81. The third kappa shape index (κ3) is 5.07. The fourth-order valence-electron chi connectivity index (χ4n) is 4.83. The molecule has 5 aromatic rings. The first-order valence-corrected chi connectivity index (χ1v) is 15.5. The largest absolute Gasteiger partial charge is 0.505 e. The molecule has 1 unspecified atom stereocenters. The molecule has 1 amide bonds. The summed E-state index contributed by atoms with van der Waals surface area (Å²) in [4.78, 5) is 33.1. The summed E-state index contributed by atoms with van der Waals surface area (Å²) in [7, 11) is 0. The Balaban J connectivity index is 1.43. The van der Waals surface area contributed by atoms with E-state index in [0.717, 1.165) is 22.5 Å². The molecule has 1 saturated heterocycles. The standard InChI is InChI=1S/C29H20Cl3N5O3S2/c1-14-5-4-10-36-15(2)22(33-26(14)36)24(38)21-23(16-6-3-7-18(30)11-16)37(27(40)25(21)39)28-34-35-29(42-28)41-13-17-8-9-19(31)12-20(17)32/h3-12,23,38H,13H2,1-2H3/b24-21+. The van der Waals surface area contributed by atoms with Gasteiger partial charge in [-0.25, -0.2) is 4.98 Å². The lowest BCUT2D eigenvalue weighted by Gasteiger charge is -2.22. The molecule has 42 heavy (non-hydrogen) atoms. The van der Waals surface area contributed by atoms with Crippen molar-refractivity contribution in [2.45, 2.75) is 30.0 Å². The van der Waals surface area contributed by atoms with Crippen LogP contribution in [-0.4, -0.2) is 36.4 Å². The second-order valence-electron chi connectivity index (χ2n) is 9.53. The number of pyridine rings is 1. The van der Waals surface area contributed by atoms with E-state index >= 15 is 0 Å². The van der Waals surface area contributed by atoms with E-state index in [2.05, 4.69) is 15.2 Å². The number of amides is 1. The molecule has 0 bridgehead atoms. The summed E-state index contributed by atoms with van der Waals surface area (Å²) in [5.41, 5.74) is 3.64. The van der Waals surface area contributed by atoms with E-state index in [1.807, 2.05) is 35.7 Å². The normalized spacial score (nSPS) is 16.6. The number of aromatic nitrogens is 4. The minimum Gasteiger partial charge on any atom is -0.505 e. The molecule has 0 spiro atoms. The fraction of sp³-hybridized carbons (Fsp3) is 0.138. The van der Waals surface area contributed by atoms with Gasteiger partial charge in [0.1, 0.15) is 11.3 Å². The molecule has 1 atom stereocenters. The van der Waals surface area contributed by atoms with Crippen molar-refractivity contribution in [3.8, 4) is 0 Å². The molecule has 3 aromatic heterocycles. The number of Topliss-reactive ketones (excluding diaryl/α,β-unsaturated/α-hetero) is 1. The third-order valence-electron chi connectivity index (χ3n) is 6.89. The number of carbonyl (C=O) groups is 2. The molecule has 1 aliphatic rings. The number of hydrogen-bond acceptors (Lipinski definition) is 8. The SMILES string of the molecule is Cc1cccn2c(C)c(/C(O)=C3\C(=O)C(=O)N(c4nnc(SCc5ccc(Cl)cc5Cl)s4)C3c3cccc(Cl)c3)nc12. The number of imidazole rings is 1. The highest BCUT2D eigenvalue weighted by atomic mass is 35.5. The van der Waals surface area contributed by atoms with Gasteiger partial charge in [0.15, 0.2) is 10.1 Å². The summed E-state index contributed by atoms with van der Waals surface area (Å²) in [6, 6.07) is 14.8. The number of aliphatic hydroxyl groups excluding tert-OH is 1. The van der Waals surface area contributed by atoms with Crippen LogP contribution in [0.1, 0.15) is 34.1 Å². The number of rotatable bonds is 6. The second kappa shape index (κ2) is 11.3. The van der Waals surface area contributed by atoms with Crippen LogP contribution in [0.4, 0.5) is 5.13 Å². The molecule has 1 N–H and O–H groups in total. The lowest BCUT2D eigenvalue weighted by Crippen LogP contribution is -2.29. The topological polar surface area (TPSA) is 101 Å². The number of aryl methyl sites for hydroxylation is 2. The number of hydrogen-bond donors (Lipinski definition) is 1. The molecule has 0 aliphatic carbocycles. The summed E-state index contributed by atoms with van der Waals surface area (Å²) in [5, 5.41) is 21.8. The number of halogens is 3. The van der Waals surface area contributed by atoms with Gasteiger partial charge in [-0.3, -0.25) is 14.5 Å². The molecule has 0 radical (unpaired) electrons. The van der Waals surface area contributed by atoms with Gasteiger partial charge in [-0.05, 0) is 60.9 Å². The Morgan fingerprint density at radius 1 is 1.02 bits per heavy atom. The van der Waals surface area contributed by atoms with E-state index < -0.39 is 17.7 Å². The van der Waals surface area contributed by atoms with Crippen LogP contribution < -0.4 is 4.90 Å². The zero-order chi connectivity index (χ0) is 29.7. The summed E-state index contributed by atoms with van der Waals surface area (Å²) < 4.78 is 2.39. The van der Waals surface area contributed by atoms with Crippen LogP contribution in [0.3, 0.4) is 0 Å². The molecule has 6 rings (SSSR count). The Morgan fingerprint density at radius 3 is 2.55 bits per heavy atom. The monoisotopic (exact) mass is 655 g/mol. The number of carbonyl (C=O) groups excluding carboxylic acids is 2. The van der Waals surface area contributed by atoms with Gasteiger partial charge in [0.2, 0.25) is 5.13 Å². The number of thioether (sulfide) groups is 1. The van der Waals surface area contributed by atoms with Gasteiger partial charge in [-0.15, -0.1) is 10.2 Å². The molecular weight excluding hydrogens is 637 g/mol. The van der Waals surface area contributed by atoms with Crippen molar-refractivity contribution in [2.24, 2.45) is 0 Å². The van der Waals surface area contributed by atoms with E-state index in [0.29, 0.717) is 42.1 Å². The van der Waals surface area contributed by atoms with Crippen LogP contribution in [-0.2, 0) is 15.3 Å². The van der Waals surface area contributed by atoms with Gasteiger partial charge in [0.25, 0.3) is 5.78 Å². The molecule has 212 valence electrons. The second-order valence-corrected chi connectivity index (χ2v) is 13.0. The number of anilines is 1. The number of fused-ring (bicyclic) bond motifs is 1. The summed E-state index contributed by atoms with van der Waals surface area (Å²) in [6.07, 6.45) is 1.83. The van der Waals surface area contributed by atoms with Crippen LogP contribution >= 0.6 is 57.9 Å². The Labute approximate surface area is 263 Å². The van der Waals surface area contributed by atoms with Crippen LogP contribution in [0, 0.1) is 13.8 Å². The molecule has 0 saturated carbocycles. The molecule has 4 heterocycles. The number of ketones is 1. The predicted molar refractivity (Wildman–Crippen MR) is 167 cm³/mol. The highest BCUT2D eigenvalue weighted by molar-refractivity contribution is 8.00. The molecule has 8 nitrogen and oxygen atoms in total. The summed E-state index contributed by atoms with van der Waals surface area (Å²) in [6.45, 7) is 3.70. The first-order chi connectivity index (χ1) is 20.1. The maximum Gasteiger partial charge on any atom is 0.301 e. The maximum atomic E-state index is 13.6. The molecule has 1 fully saturated rings. The Morgan fingerprint density at radius 2 is 1.81 bits per heavy atom. The average Bonchev–Trinajstić information content (AvgIpc) is 3.63. The Bertz CT molecular complexity index is 1940. The molecular formula is C29H20Cl3N5O3S2. The Kier molecular flexibility index (Phi) is 7.75. The van der Waals surface area contributed by atoms with Crippen molar-refractivity contribution >= 4 is 86.1 Å². The van der Waals surface area contributed by atoms with Crippen LogP contribution in [0.15, 0.2) is 70.7 Å². The van der Waals surface area contributed by atoms with Gasteiger partial charge >= 0.3 is 5.91 Å². The van der Waals surface area contributed by atoms with Crippen LogP contribution in [0.5, 0.6) is 0 Å². The first-order valence-electron chi connectivity index (χ1n) is 12.6. The van der Waals surface area contributed by atoms with Crippen molar-refractivity contribution in [3.05, 3.63) is 110 Å². The quantitative estimate of drug-likeness (QED) is 0.0658. The average molecular weight is 657 g/mol. The predicted octanol–water partition coefficient (Wildman–Crippen LogP) is 7.68. The van der Waals surface area contributed by atoms with Crippen molar-refractivity contribution in [3.63, 3.8) is 0 Å². The molecule has 1 aliphatic heterocycles. The van der Waals surface area contributed by atoms with Crippen molar-refractivity contribution in [1.82, 2.24) is 19.6 Å².